The van der Waals surface area contributed by atoms with E-state index in [0.717, 1.165) is 6.20 Å². The molecule has 68 valence electrons. The molecule has 1 aromatic heterocycles. The van der Waals surface area contributed by atoms with Gasteiger partial charge in [0.05, 0.1) is 6.20 Å². The molecule has 1 unspecified atom stereocenters. The van der Waals surface area contributed by atoms with Gasteiger partial charge in [0.1, 0.15) is 0 Å². The van der Waals surface area contributed by atoms with Gasteiger partial charge < -0.3 is 5.73 Å². The standard InChI is InChI=1S/C5H7F3N4/c6-5(7,8)4(3-9)12-2-1-10-11-12/h1-2,4H,3,9H2. The van der Waals surface area contributed by atoms with Gasteiger partial charge in [-0.3, -0.25) is 0 Å². The summed E-state index contributed by atoms with van der Waals surface area (Å²) in [4.78, 5) is 0. The summed E-state index contributed by atoms with van der Waals surface area (Å²) < 4.78 is 37.0. The van der Waals surface area contributed by atoms with Crippen LogP contribution in [0.15, 0.2) is 12.4 Å². The lowest BCUT2D eigenvalue weighted by Crippen LogP contribution is -2.33. The third-order valence-electron chi connectivity index (χ3n) is 1.36. The Balaban J connectivity index is 2.84. The minimum Gasteiger partial charge on any atom is -0.328 e. The van der Waals surface area contributed by atoms with Crippen LogP contribution >= 0.6 is 0 Å². The summed E-state index contributed by atoms with van der Waals surface area (Å²) in [6.45, 7) is -0.535. The van der Waals surface area contributed by atoms with E-state index >= 15 is 0 Å². The van der Waals surface area contributed by atoms with E-state index in [9.17, 15) is 13.2 Å². The minimum absolute atomic E-state index is 0.535. The molecule has 0 aliphatic rings. The SMILES string of the molecule is NCC(n1ccnn1)C(F)(F)F. The van der Waals surface area contributed by atoms with Crippen molar-refractivity contribution in [3.8, 4) is 0 Å². The molecule has 7 heteroatoms. The Morgan fingerprint density at radius 3 is 2.50 bits per heavy atom. The molecule has 0 saturated heterocycles. The first-order valence-electron chi connectivity index (χ1n) is 3.18. The van der Waals surface area contributed by atoms with E-state index in [2.05, 4.69) is 10.3 Å². The summed E-state index contributed by atoms with van der Waals surface area (Å²) in [5.74, 6) is 0. The summed E-state index contributed by atoms with van der Waals surface area (Å²) >= 11 is 0. The molecule has 0 aromatic carbocycles. The van der Waals surface area contributed by atoms with Crippen LogP contribution in [0, 0.1) is 0 Å². The van der Waals surface area contributed by atoms with Gasteiger partial charge in [0, 0.05) is 12.7 Å². The number of rotatable bonds is 2. The van der Waals surface area contributed by atoms with E-state index in [1.165, 1.54) is 6.20 Å². The van der Waals surface area contributed by atoms with Crippen LogP contribution in [0.1, 0.15) is 6.04 Å². The molecule has 0 spiro atoms. The predicted molar refractivity (Wildman–Crippen MR) is 34.2 cm³/mol. The second kappa shape index (κ2) is 3.10. The highest BCUT2D eigenvalue weighted by atomic mass is 19.4. The van der Waals surface area contributed by atoms with Crippen molar-refractivity contribution in [2.24, 2.45) is 5.73 Å². The molecule has 1 heterocycles. The van der Waals surface area contributed by atoms with Gasteiger partial charge in [-0.05, 0) is 0 Å². The van der Waals surface area contributed by atoms with Crippen LogP contribution in [0.3, 0.4) is 0 Å². The van der Waals surface area contributed by atoms with Gasteiger partial charge in [0.15, 0.2) is 6.04 Å². The first-order chi connectivity index (χ1) is 5.55. The molecular formula is C5H7F3N4. The normalized spacial score (nSPS) is 14.7. The molecule has 0 bridgehead atoms. The van der Waals surface area contributed by atoms with E-state index in [1.807, 2.05) is 0 Å². The Hall–Kier alpha value is -1.11. The third-order valence-corrected chi connectivity index (χ3v) is 1.36. The summed E-state index contributed by atoms with van der Waals surface area (Å²) in [5.41, 5.74) is 4.94. The second-order valence-corrected chi connectivity index (χ2v) is 2.18. The van der Waals surface area contributed by atoms with Crippen molar-refractivity contribution >= 4 is 0 Å². The fourth-order valence-electron chi connectivity index (χ4n) is 0.775. The van der Waals surface area contributed by atoms with E-state index in [4.69, 9.17) is 5.73 Å². The lowest BCUT2D eigenvalue weighted by Gasteiger charge is -2.17. The molecule has 0 saturated carbocycles. The quantitative estimate of drug-likeness (QED) is 0.713. The average Bonchev–Trinajstić information content (AvgIpc) is 2.38. The second-order valence-electron chi connectivity index (χ2n) is 2.18. The smallest absolute Gasteiger partial charge is 0.328 e. The molecule has 12 heavy (non-hydrogen) atoms. The number of nitrogens with zero attached hydrogens (tertiary/aromatic N) is 3. The molecule has 0 amide bonds. The average molecular weight is 180 g/mol. The number of halogens is 3. The van der Waals surface area contributed by atoms with Crippen molar-refractivity contribution in [3.05, 3.63) is 12.4 Å². The Kier molecular flexibility index (Phi) is 2.32. The van der Waals surface area contributed by atoms with Crippen molar-refractivity contribution in [1.82, 2.24) is 15.0 Å². The van der Waals surface area contributed by atoms with Gasteiger partial charge in [-0.1, -0.05) is 5.21 Å². The van der Waals surface area contributed by atoms with Gasteiger partial charge >= 0.3 is 6.18 Å². The number of hydrogen-bond donors (Lipinski definition) is 1. The maximum atomic E-state index is 12.1. The lowest BCUT2D eigenvalue weighted by molar-refractivity contribution is -0.167. The maximum absolute atomic E-state index is 12.1. The van der Waals surface area contributed by atoms with Gasteiger partial charge in [-0.25, -0.2) is 4.68 Å². The first kappa shape index (κ1) is 8.98. The topological polar surface area (TPSA) is 56.7 Å². The lowest BCUT2D eigenvalue weighted by atomic mass is 10.3. The van der Waals surface area contributed by atoms with Gasteiger partial charge in [0.25, 0.3) is 0 Å². The largest absolute Gasteiger partial charge is 0.412 e. The minimum atomic E-state index is -4.37. The predicted octanol–water partition coefficient (Wildman–Crippen LogP) is 0.340. The molecule has 0 aliphatic carbocycles. The van der Waals surface area contributed by atoms with Crippen molar-refractivity contribution < 1.29 is 13.2 Å². The monoisotopic (exact) mass is 180 g/mol. The Morgan fingerprint density at radius 1 is 1.50 bits per heavy atom. The first-order valence-corrected chi connectivity index (χ1v) is 3.18. The van der Waals surface area contributed by atoms with Crippen LogP contribution in [0.4, 0.5) is 13.2 Å². The van der Waals surface area contributed by atoms with Crippen molar-refractivity contribution in [2.45, 2.75) is 12.2 Å². The highest BCUT2D eigenvalue weighted by Crippen LogP contribution is 2.28. The number of aromatic nitrogens is 3. The van der Waals surface area contributed by atoms with E-state index in [-0.39, 0.29) is 0 Å². The molecule has 1 rings (SSSR count). The van der Waals surface area contributed by atoms with Crippen molar-refractivity contribution in [2.75, 3.05) is 6.54 Å². The number of alkyl halides is 3. The Labute approximate surface area is 66.2 Å². The molecular weight excluding hydrogens is 173 g/mol. The zero-order chi connectivity index (χ0) is 9.19. The highest BCUT2D eigenvalue weighted by molar-refractivity contribution is 4.78. The molecule has 4 nitrogen and oxygen atoms in total. The summed E-state index contributed by atoms with van der Waals surface area (Å²) in [6.07, 6.45) is -2.07. The summed E-state index contributed by atoms with van der Waals surface area (Å²) in [7, 11) is 0. The fraction of sp³-hybridized carbons (Fsp3) is 0.600. The Bertz CT molecular complexity index is 229. The van der Waals surface area contributed by atoms with Gasteiger partial charge in [-0.15, -0.1) is 5.10 Å². The highest BCUT2D eigenvalue weighted by Gasteiger charge is 2.40. The van der Waals surface area contributed by atoms with Crippen LogP contribution < -0.4 is 5.73 Å². The molecule has 1 aromatic rings. The van der Waals surface area contributed by atoms with Crippen LogP contribution in [-0.4, -0.2) is 27.7 Å². The van der Waals surface area contributed by atoms with E-state index < -0.39 is 18.8 Å². The van der Waals surface area contributed by atoms with Gasteiger partial charge in [0.2, 0.25) is 0 Å². The van der Waals surface area contributed by atoms with Gasteiger partial charge in [-0.2, -0.15) is 13.2 Å². The zero-order valence-electron chi connectivity index (χ0n) is 5.99. The van der Waals surface area contributed by atoms with E-state index in [1.54, 1.807) is 0 Å². The van der Waals surface area contributed by atoms with E-state index in [0.29, 0.717) is 4.68 Å². The maximum Gasteiger partial charge on any atom is 0.412 e. The molecule has 1 atom stereocenters. The Morgan fingerprint density at radius 2 is 2.17 bits per heavy atom. The van der Waals surface area contributed by atoms with Crippen LogP contribution in [0.2, 0.25) is 0 Å². The number of hydrogen-bond acceptors (Lipinski definition) is 3. The number of nitrogens with two attached hydrogens (primary N) is 1. The van der Waals surface area contributed by atoms with Crippen LogP contribution in [0.25, 0.3) is 0 Å². The summed E-state index contributed by atoms with van der Waals surface area (Å²) in [5, 5.41) is 6.48. The third kappa shape index (κ3) is 1.73. The van der Waals surface area contributed by atoms with Crippen molar-refractivity contribution in [3.63, 3.8) is 0 Å². The molecule has 2 N–H and O–H groups in total. The molecule has 0 fully saturated rings. The van der Waals surface area contributed by atoms with Crippen LogP contribution in [0.5, 0.6) is 0 Å². The molecule has 0 aliphatic heterocycles. The zero-order valence-corrected chi connectivity index (χ0v) is 5.99. The van der Waals surface area contributed by atoms with Crippen LogP contribution in [-0.2, 0) is 0 Å². The fourth-order valence-corrected chi connectivity index (χ4v) is 0.775. The summed E-state index contributed by atoms with van der Waals surface area (Å²) in [6, 6.07) is -1.78. The van der Waals surface area contributed by atoms with Crippen molar-refractivity contribution in [1.29, 1.82) is 0 Å². The molecule has 0 radical (unpaired) electrons.